The molecule has 0 radical (unpaired) electrons. The topological polar surface area (TPSA) is 70.4 Å². The van der Waals surface area contributed by atoms with Crippen molar-refractivity contribution in [3.8, 4) is 6.07 Å². The van der Waals surface area contributed by atoms with E-state index in [1.807, 2.05) is 26.8 Å². The average Bonchev–Trinajstić information content (AvgIpc) is 2.43. The fourth-order valence-corrected chi connectivity index (χ4v) is 2.07. The summed E-state index contributed by atoms with van der Waals surface area (Å²) in [7, 11) is 0. The van der Waals surface area contributed by atoms with Crippen molar-refractivity contribution in [2.75, 3.05) is 13.2 Å². The van der Waals surface area contributed by atoms with Crippen LogP contribution in [0, 0.1) is 18.3 Å². The van der Waals surface area contributed by atoms with Crippen molar-refractivity contribution in [1.82, 2.24) is 4.90 Å². The quantitative estimate of drug-likeness (QED) is 0.802. The molecule has 1 amide bonds. The van der Waals surface area contributed by atoms with Gasteiger partial charge in [-0.05, 0) is 58.4 Å². The second-order valence-electron chi connectivity index (χ2n) is 6.01. The van der Waals surface area contributed by atoms with E-state index in [4.69, 9.17) is 10.00 Å². The van der Waals surface area contributed by atoms with E-state index in [1.165, 1.54) is 4.90 Å². The summed E-state index contributed by atoms with van der Waals surface area (Å²) in [6, 6.07) is 6.94. The third-order valence-electron chi connectivity index (χ3n) is 3.23. The van der Waals surface area contributed by atoms with Gasteiger partial charge in [-0.1, -0.05) is 0 Å². The van der Waals surface area contributed by atoms with Crippen LogP contribution in [0.2, 0.25) is 0 Å². The van der Waals surface area contributed by atoms with Gasteiger partial charge in [0, 0.05) is 11.1 Å². The van der Waals surface area contributed by atoms with Crippen molar-refractivity contribution in [1.29, 1.82) is 5.26 Å². The number of hydrogen-bond acceptors (Lipinski definition) is 4. The first kappa shape index (κ1) is 17.7. The highest BCUT2D eigenvalue weighted by atomic mass is 16.5. The molecule has 0 aromatic heterocycles. The predicted molar refractivity (Wildman–Crippen MR) is 83.3 cm³/mol. The Morgan fingerprint density at radius 3 is 2.41 bits per heavy atom. The maximum absolute atomic E-state index is 12.8. The summed E-state index contributed by atoms with van der Waals surface area (Å²) in [5.41, 5.74) is 1.17. The molecule has 0 heterocycles. The van der Waals surface area contributed by atoms with Crippen LogP contribution in [0.1, 0.15) is 49.2 Å². The molecule has 0 fully saturated rings. The Morgan fingerprint density at radius 2 is 1.95 bits per heavy atom. The summed E-state index contributed by atoms with van der Waals surface area (Å²) in [6.07, 6.45) is 0. The third kappa shape index (κ3) is 4.32. The van der Waals surface area contributed by atoms with Gasteiger partial charge in [0.1, 0.15) is 6.54 Å². The Kier molecular flexibility index (Phi) is 5.69. The molecule has 0 unspecified atom stereocenters. The molecule has 0 atom stereocenters. The fourth-order valence-electron chi connectivity index (χ4n) is 2.07. The number of nitriles is 1. The molecule has 118 valence electrons. The summed E-state index contributed by atoms with van der Waals surface area (Å²) in [4.78, 5) is 26.0. The van der Waals surface area contributed by atoms with Crippen LogP contribution in [0.5, 0.6) is 0 Å². The Hall–Kier alpha value is -2.35. The minimum atomic E-state index is -0.524. The van der Waals surface area contributed by atoms with Gasteiger partial charge in [-0.2, -0.15) is 5.26 Å². The second-order valence-corrected chi connectivity index (χ2v) is 6.01. The van der Waals surface area contributed by atoms with Crippen molar-refractivity contribution < 1.29 is 14.3 Å². The van der Waals surface area contributed by atoms with E-state index in [2.05, 4.69) is 0 Å². The number of hydrogen-bond donors (Lipinski definition) is 0. The molecule has 0 aliphatic heterocycles. The highest BCUT2D eigenvalue weighted by molar-refractivity contribution is 5.97. The number of ether oxygens (including phenoxy) is 1. The molecular formula is C17H22N2O3. The van der Waals surface area contributed by atoms with Crippen LogP contribution in [0.25, 0.3) is 0 Å². The first-order chi connectivity index (χ1) is 10.2. The van der Waals surface area contributed by atoms with Gasteiger partial charge in [0.15, 0.2) is 0 Å². The van der Waals surface area contributed by atoms with Crippen LogP contribution in [0.3, 0.4) is 0 Å². The maximum Gasteiger partial charge on any atom is 0.325 e. The van der Waals surface area contributed by atoms with Gasteiger partial charge in [-0.3, -0.25) is 9.59 Å². The van der Waals surface area contributed by atoms with Crippen LogP contribution in [-0.2, 0) is 9.53 Å². The number of aryl methyl sites for hydroxylation is 1. The number of nitrogens with zero attached hydrogens (tertiary/aromatic N) is 2. The zero-order chi connectivity index (χ0) is 16.9. The molecule has 0 saturated heterocycles. The average molecular weight is 302 g/mol. The Morgan fingerprint density at radius 1 is 1.32 bits per heavy atom. The van der Waals surface area contributed by atoms with Gasteiger partial charge >= 0.3 is 5.97 Å². The molecule has 1 aromatic rings. The molecule has 0 bridgehead atoms. The van der Waals surface area contributed by atoms with E-state index < -0.39 is 11.5 Å². The van der Waals surface area contributed by atoms with E-state index >= 15 is 0 Å². The standard InChI is InChI=1S/C17H22N2O3/c1-6-22-15(20)11-19(17(3,4)5)16(21)14-8-7-13(10-18)9-12(14)2/h7-9H,6,11H2,1-5H3. The zero-order valence-corrected chi connectivity index (χ0v) is 13.8. The van der Waals surface area contributed by atoms with E-state index in [0.717, 1.165) is 0 Å². The van der Waals surface area contributed by atoms with Crippen LogP contribution in [0.15, 0.2) is 18.2 Å². The monoisotopic (exact) mass is 302 g/mol. The number of carbonyl (C=O) groups is 2. The Labute approximate surface area is 131 Å². The molecule has 0 N–H and O–H groups in total. The lowest BCUT2D eigenvalue weighted by Gasteiger charge is -2.35. The molecule has 1 rings (SSSR count). The van der Waals surface area contributed by atoms with Crippen molar-refractivity contribution in [2.45, 2.75) is 40.2 Å². The van der Waals surface area contributed by atoms with Crippen molar-refractivity contribution in [3.63, 3.8) is 0 Å². The lowest BCUT2D eigenvalue weighted by Crippen LogP contribution is -2.48. The maximum atomic E-state index is 12.8. The minimum Gasteiger partial charge on any atom is -0.465 e. The summed E-state index contributed by atoms with van der Waals surface area (Å²) in [5.74, 6) is -0.681. The zero-order valence-electron chi connectivity index (χ0n) is 13.8. The summed E-state index contributed by atoms with van der Waals surface area (Å²) >= 11 is 0. The molecule has 5 nitrogen and oxygen atoms in total. The molecule has 0 aliphatic carbocycles. The SMILES string of the molecule is CCOC(=O)CN(C(=O)c1ccc(C#N)cc1C)C(C)(C)C. The van der Waals surface area contributed by atoms with Gasteiger partial charge in [0.25, 0.3) is 5.91 Å². The number of rotatable bonds is 4. The molecule has 22 heavy (non-hydrogen) atoms. The van der Waals surface area contributed by atoms with Gasteiger partial charge in [-0.25, -0.2) is 0 Å². The third-order valence-corrected chi connectivity index (χ3v) is 3.23. The summed E-state index contributed by atoms with van der Waals surface area (Å²) in [5, 5.41) is 8.90. The van der Waals surface area contributed by atoms with Gasteiger partial charge in [0.2, 0.25) is 0 Å². The molecule has 0 aliphatic rings. The lowest BCUT2D eigenvalue weighted by atomic mass is 10.0. The smallest absolute Gasteiger partial charge is 0.325 e. The highest BCUT2D eigenvalue weighted by Gasteiger charge is 2.30. The Balaban J connectivity index is 3.13. The first-order valence-electron chi connectivity index (χ1n) is 7.19. The van der Waals surface area contributed by atoms with Gasteiger partial charge < -0.3 is 9.64 Å². The number of carbonyl (C=O) groups excluding carboxylic acids is 2. The summed E-state index contributed by atoms with van der Waals surface area (Å²) in [6.45, 7) is 9.27. The van der Waals surface area contributed by atoms with Crippen LogP contribution in [-0.4, -0.2) is 35.5 Å². The van der Waals surface area contributed by atoms with Gasteiger partial charge in [0.05, 0.1) is 18.2 Å². The lowest BCUT2D eigenvalue weighted by molar-refractivity contribution is -0.144. The van der Waals surface area contributed by atoms with Crippen molar-refractivity contribution in [3.05, 3.63) is 34.9 Å². The van der Waals surface area contributed by atoms with Crippen molar-refractivity contribution in [2.24, 2.45) is 0 Å². The number of esters is 1. The summed E-state index contributed by atoms with van der Waals surface area (Å²) < 4.78 is 4.94. The highest BCUT2D eigenvalue weighted by Crippen LogP contribution is 2.20. The molecule has 1 aromatic carbocycles. The first-order valence-corrected chi connectivity index (χ1v) is 7.19. The molecular weight excluding hydrogens is 280 g/mol. The van der Waals surface area contributed by atoms with Crippen LogP contribution < -0.4 is 0 Å². The van der Waals surface area contributed by atoms with E-state index in [1.54, 1.807) is 32.0 Å². The predicted octanol–water partition coefficient (Wildman–Crippen LogP) is 2.67. The van der Waals surface area contributed by atoms with E-state index in [9.17, 15) is 9.59 Å². The van der Waals surface area contributed by atoms with Crippen LogP contribution in [0.4, 0.5) is 0 Å². The van der Waals surface area contributed by atoms with Gasteiger partial charge in [-0.15, -0.1) is 0 Å². The second kappa shape index (κ2) is 7.08. The number of benzene rings is 1. The van der Waals surface area contributed by atoms with Crippen LogP contribution >= 0.6 is 0 Å². The van der Waals surface area contributed by atoms with Crippen molar-refractivity contribution >= 4 is 11.9 Å². The number of amides is 1. The molecule has 5 heteroatoms. The van der Waals surface area contributed by atoms with E-state index in [0.29, 0.717) is 16.7 Å². The minimum absolute atomic E-state index is 0.102. The molecule has 0 saturated carbocycles. The largest absolute Gasteiger partial charge is 0.465 e. The Bertz CT molecular complexity index is 609. The molecule has 0 spiro atoms. The normalized spacial score (nSPS) is 10.7. The van der Waals surface area contributed by atoms with E-state index in [-0.39, 0.29) is 19.1 Å². The fraction of sp³-hybridized carbons (Fsp3) is 0.471.